The van der Waals surface area contributed by atoms with Crippen LogP contribution in [0.3, 0.4) is 0 Å². The Morgan fingerprint density at radius 3 is 2.67 bits per heavy atom. The van der Waals surface area contributed by atoms with Crippen LogP contribution in [0.5, 0.6) is 5.75 Å². The number of sulfonamides is 1. The molecule has 1 aliphatic heterocycles. The van der Waals surface area contributed by atoms with Gasteiger partial charge in [0.05, 0.1) is 28.4 Å². The fraction of sp³-hybridized carbons (Fsp3) is 0.345. The summed E-state index contributed by atoms with van der Waals surface area (Å²) in [5, 5.41) is 14.3. The van der Waals surface area contributed by atoms with Crippen molar-refractivity contribution in [1.82, 2.24) is 24.2 Å². The Bertz CT molecular complexity index is 2000. The zero-order valence-electron chi connectivity index (χ0n) is 24.5. The summed E-state index contributed by atoms with van der Waals surface area (Å²) in [6, 6.07) is 7.88. The van der Waals surface area contributed by atoms with Crippen molar-refractivity contribution in [2.24, 2.45) is 5.92 Å². The highest BCUT2D eigenvalue weighted by atomic mass is 32.2. The van der Waals surface area contributed by atoms with Crippen LogP contribution in [0.25, 0.3) is 11.0 Å². The second-order valence-corrected chi connectivity index (χ2v) is 12.9. The Kier molecular flexibility index (Phi) is 8.35. The number of halogens is 1. The van der Waals surface area contributed by atoms with Gasteiger partial charge in [-0.15, -0.1) is 0 Å². The Morgan fingerprint density at radius 1 is 1.15 bits per heavy atom. The molecule has 1 fully saturated rings. The molecule has 46 heavy (non-hydrogen) atoms. The SMILES string of the molecule is CN(c1ncc2c(n1)NC(=O)CO2)[C@H]1CC[C@H](C(Cn2c(=O)cnc3ccc(F)cc32)NS(=O)(=O)c2ccccc2[N+](=O)[O-])CC1. The van der Waals surface area contributed by atoms with Gasteiger partial charge in [-0.3, -0.25) is 19.7 Å². The van der Waals surface area contributed by atoms with Crippen molar-refractivity contribution in [3.8, 4) is 5.75 Å². The van der Waals surface area contributed by atoms with Crippen LogP contribution in [0.1, 0.15) is 25.7 Å². The van der Waals surface area contributed by atoms with Crippen LogP contribution >= 0.6 is 0 Å². The second-order valence-electron chi connectivity index (χ2n) is 11.2. The number of hydrogen-bond acceptors (Lipinski definition) is 11. The summed E-state index contributed by atoms with van der Waals surface area (Å²) in [6.45, 7) is -0.283. The molecule has 3 heterocycles. The fourth-order valence-corrected chi connectivity index (χ4v) is 7.46. The number of amides is 1. The average molecular weight is 653 g/mol. The number of carbonyl (C=O) groups is 1. The van der Waals surface area contributed by atoms with Crippen LogP contribution in [0.2, 0.25) is 0 Å². The zero-order valence-corrected chi connectivity index (χ0v) is 25.3. The molecule has 17 heteroatoms. The lowest BCUT2D eigenvalue weighted by atomic mass is 9.81. The summed E-state index contributed by atoms with van der Waals surface area (Å²) in [7, 11) is -2.61. The van der Waals surface area contributed by atoms with Crippen molar-refractivity contribution >= 4 is 44.4 Å². The van der Waals surface area contributed by atoms with E-state index in [2.05, 4.69) is 25.0 Å². The van der Waals surface area contributed by atoms with Gasteiger partial charge in [-0.25, -0.2) is 27.5 Å². The predicted molar refractivity (Wildman–Crippen MR) is 163 cm³/mol. The molecule has 1 unspecified atom stereocenters. The van der Waals surface area contributed by atoms with E-state index >= 15 is 0 Å². The van der Waals surface area contributed by atoms with Crippen molar-refractivity contribution in [1.29, 1.82) is 0 Å². The number of hydrogen-bond donors (Lipinski definition) is 2. The molecule has 1 atom stereocenters. The normalized spacial score (nSPS) is 18.7. The molecule has 0 saturated heterocycles. The lowest BCUT2D eigenvalue weighted by Crippen LogP contribution is -2.47. The third kappa shape index (κ3) is 6.23. The molecule has 2 N–H and O–H groups in total. The molecule has 0 spiro atoms. The van der Waals surface area contributed by atoms with Crippen LogP contribution in [0.15, 0.2) is 64.5 Å². The van der Waals surface area contributed by atoms with Gasteiger partial charge in [-0.2, -0.15) is 4.98 Å². The van der Waals surface area contributed by atoms with E-state index in [0.717, 1.165) is 24.4 Å². The van der Waals surface area contributed by atoms with E-state index in [1.54, 1.807) is 0 Å². The van der Waals surface area contributed by atoms with Gasteiger partial charge in [0, 0.05) is 31.7 Å². The number of benzene rings is 2. The minimum Gasteiger partial charge on any atom is -0.478 e. The number of rotatable bonds is 9. The molecule has 1 amide bonds. The number of nitro benzene ring substituents is 1. The summed E-state index contributed by atoms with van der Waals surface area (Å²) < 4.78 is 50.8. The Balaban J connectivity index is 1.28. The smallest absolute Gasteiger partial charge is 0.289 e. The minimum absolute atomic E-state index is 0.0412. The van der Waals surface area contributed by atoms with E-state index in [9.17, 15) is 32.5 Å². The van der Waals surface area contributed by atoms with Crippen LogP contribution in [0.4, 0.5) is 21.8 Å². The molecule has 2 aliphatic rings. The summed E-state index contributed by atoms with van der Waals surface area (Å²) in [4.78, 5) is 49.9. The van der Waals surface area contributed by atoms with E-state index in [4.69, 9.17) is 4.74 Å². The topological polar surface area (TPSA) is 192 Å². The van der Waals surface area contributed by atoms with Crippen molar-refractivity contribution in [3.05, 3.63) is 81.1 Å². The Labute approximate surface area is 261 Å². The van der Waals surface area contributed by atoms with Crippen molar-refractivity contribution < 1.29 is 27.3 Å². The van der Waals surface area contributed by atoms with Gasteiger partial charge < -0.3 is 19.5 Å². The Hall–Kier alpha value is -5.03. The number of nitrogens with zero attached hydrogens (tertiary/aromatic N) is 6. The number of carbonyl (C=O) groups excluding carboxylic acids is 1. The molecule has 15 nitrogen and oxygen atoms in total. The van der Waals surface area contributed by atoms with Crippen LogP contribution in [0, 0.1) is 21.8 Å². The first-order valence-corrected chi connectivity index (χ1v) is 15.9. The van der Waals surface area contributed by atoms with Gasteiger partial charge >= 0.3 is 0 Å². The minimum atomic E-state index is -4.44. The molecule has 0 bridgehead atoms. The van der Waals surface area contributed by atoms with Gasteiger partial charge in [-0.05, 0) is 55.9 Å². The van der Waals surface area contributed by atoms with E-state index in [1.807, 2.05) is 11.9 Å². The molecule has 1 saturated carbocycles. The third-order valence-corrected chi connectivity index (χ3v) is 9.92. The van der Waals surface area contributed by atoms with Crippen LogP contribution in [-0.2, 0) is 21.4 Å². The van der Waals surface area contributed by atoms with Gasteiger partial charge in [0.15, 0.2) is 23.1 Å². The van der Waals surface area contributed by atoms with Crippen LogP contribution < -0.4 is 25.2 Å². The van der Waals surface area contributed by atoms with Crippen molar-refractivity contribution in [3.63, 3.8) is 0 Å². The Morgan fingerprint density at radius 2 is 1.91 bits per heavy atom. The highest BCUT2D eigenvalue weighted by Crippen LogP contribution is 2.34. The number of fused-ring (bicyclic) bond motifs is 2. The largest absolute Gasteiger partial charge is 0.478 e. The molecule has 240 valence electrons. The molecule has 1 aliphatic carbocycles. The molecular formula is C29H29FN8O7S. The fourth-order valence-electron chi connectivity index (χ4n) is 5.99. The number of para-hydroxylation sites is 1. The summed E-state index contributed by atoms with van der Waals surface area (Å²) in [5.74, 6) is -0.199. The van der Waals surface area contributed by atoms with E-state index < -0.39 is 42.9 Å². The lowest BCUT2D eigenvalue weighted by molar-refractivity contribution is -0.387. The number of ether oxygens (including phenoxy) is 1. The molecule has 2 aromatic heterocycles. The summed E-state index contributed by atoms with van der Waals surface area (Å²) in [5.41, 5.74) is -0.601. The number of nitro groups is 1. The standard InChI is InChI=1S/C29H29FN8O7S/c1-36(29-32-13-24-28(34-29)33-26(39)16-45-24)19-9-6-17(7-10-19)21(35-46(43,44)25-5-3-2-4-22(25)38(41)42)15-37-23-12-18(30)8-11-20(23)31-14-27(37)40/h2-5,8,11-14,17,19,21,35H,6-7,9-10,15-16H2,1H3,(H,32,33,34,39)/t17-,19-,21?. The molecule has 0 radical (unpaired) electrons. The molecule has 6 rings (SSSR count). The highest BCUT2D eigenvalue weighted by Gasteiger charge is 2.35. The predicted octanol–water partition coefficient (Wildman–Crippen LogP) is 2.61. The number of nitrogens with one attached hydrogen (secondary N) is 2. The van der Waals surface area contributed by atoms with E-state index in [1.165, 1.54) is 35.0 Å². The molecule has 4 aromatic rings. The maximum Gasteiger partial charge on any atom is 0.289 e. The summed E-state index contributed by atoms with van der Waals surface area (Å²) >= 11 is 0. The molecule has 2 aromatic carbocycles. The lowest BCUT2D eigenvalue weighted by Gasteiger charge is -2.38. The maximum atomic E-state index is 14.3. The third-order valence-electron chi connectivity index (χ3n) is 8.38. The van der Waals surface area contributed by atoms with Gasteiger partial charge in [0.25, 0.3) is 17.2 Å². The van der Waals surface area contributed by atoms with Crippen molar-refractivity contribution in [2.75, 3.05) is 23.9 Å². The van der Waals surface area contributed by atoms with Gasteiger partial charge in [0.1, 0.15) is 5.82 Å². The van der Waals surface area contributed by atoms with E-state index in [0.29, 0.717) is 42.9 Å². The zero-order chi connectivity index (χ0) is 32.6. The maximum absolute atomic E-state index is 14.3. The molecular weight excluding hydrogens is 623 g/mol. The van der Waals surface area contributed by atoms with Gasteiger partial charge in [0.2, 0.25) is 16.0 Å². The second kappa shape index (κ2) is 12.4. The number of anilines is 2. The van der Waals surface area contributed by atoms with Gasteiger partial charge in [-0.1, -0.05) is 12.1 Å². The van der Waals surface area contributed by atoms with Crippen LogP contribution in [-0.4, -0.2) is 64.5 Å². The first-order valence-electron chi connectivity index (χ1n) is 14.4. The first kappa shape index (κ1) is 31.0. The highest BCUT2D eigenvalue weighted by molar-refractivity contribution is 7.89. The van der Waals surface area contributed by atoms with E-state index in [-0.39, 0.29) is 42.4 Å². The monoisotopic (exact) mass is 652 g/mol. The quantitative estimate of drug-likeness (QED) is 0.200. The first-order chi connectivity index (χ1) is 22.0. The van der Waals surface area contributed by atoms with Crippen molar-refractivity contribution in [2.45, 2.75) is 49.2 Å². The average Bonchev–Trinajstić information content (AvgIpc) is 3.05. The number of aromatic nitrogens is 4. The summed E-state index contributed by atoms with van der Waals surface area (Å²) in [6.07, 6.45) is 4.79.